The Kier molecular flexibility index (Phi) is 3.57. The van der Waals surface area contributed by atoms with Crippen molar-refractivity contribution in [2.45, 2.75) is 53.0 Å². The fourth-order valence-electron chi connectivity index (χ4n) is 2.34. The van der Waals surface area contributed by atoms with Crippen LogP contribution in [0.2, 0.25) is 0 Å². The van der Waals surface area contributed by atoms with Gasteiger partial charge in [0.1, 0.15) is 5.82 Å². The van der Waals surface area contributed by atoms with Crippen molar-refractivity contribution in [3.8, 4) is 0 Å². The van der Waals surface area contributed by atoms with Crippen molar-refractivity contribution in [1.29, 1.82) is 0 Å². The molecule has 0 fully saturated rings. The molecule has 1 aromatic carbocycles. The maximum atomic E-state index is 5.87. The van der Waals surface area contributed by atoms with Gasteiger partial charge in [-0.05, 0) is 24.1 Å². The van der Waals surface area contributed by atoms with Gasteiger partial charge in [-0.2, -0.15) is 0 Å². The lowest BCUT2D eigenvalue weighted by molar-refractivity contribution is 0.431. The summed E-state index contributed by atoms with van der Waals surface area (Å²) in [5.74, 6) is 1.80. The summed E-state index contributed by atoms with van der Waals surface area (Å²) in [7, 11) is 0. The molecule has 3 heteroatoms. The summed E-state index contributed by atoms with van der Waals surface area (Å²) >= 11 is 0. The van der Waals surface area contributed by atoms with Crippen LogP contribution in [0.1, 0.15) is 46.9 Å². The second-order valence-corrected chi connectivity index (χ2v) is 6.56. The van der Waals surface area contributed by atoms with Crippen molar-refractivity contribution < 1.29 is 0 Å². The lowest BCUT2D eigenvalue weighted by atomic mass is 9.95. The van der Waals surface area contributed by atoms with Gasteiger partial charge < -0.3 is 10.3 Å². The monoisotopic (exact) mass is 259 g/mol. The highest BCUT2D eigenvalue weighted by Gasteiger charge is 2.23. The molecule has 0 spiro atoms. The summed E-state index contributed by atoms with van der Waals surface area (Å²) in [6.45, 7) is 12.2. The first kappa shape index (κ1) is 13.9. The van der Waals surface area contributed by atoms with Gasteiger partial charge in [-0.1, -0.05) is 41.0 Å². The van der Waals surface area contributed by atoms with E-state index >= 15 is 0 Å². The van der Waals surface area contributed by atoms with Crippen molar-refractivity contribution in [1.82, 2.24) is 9.55 Å². The predicted octanol–water partition coefficient (Wildman–Crippen LogP) is 3.96. The highest BCUT2D eigenvalue weighted by Crippen LogP contribution is 2.28. The molecule has 2 rings (SSSR count). The molecule has 0 aliphatic carbocycles. The molecule has 104 valence electrons. The molecular weight excluding hydrogens is 234 g/mol. The van der Waals surface area contributed by atoms with Gasteiger partial charge >= 0.3 is 0 Å². The quantitative estimate of drug-likeness (QED) is 0.848. The van der Waals surface area contributed by atoms with Gasteiger partial charge in [-0.25, -0.2) is 4.98 Å². The smallest absolute Gasteiger partial charge is 0.115 e. The molecule has 1 atom stereocenters. The van der Waals surface area contributed by atoms with Crippen LogP contribution in [0, 0.1) is 5.92 Å². The molecule has 1 unspecified atom stereocenters. The van der Waals surface area contributed by atoms with E-state index in [-0.39, 0.29) is 5.41 Å². The van der Waals surface area contributed by atoms with E-state index in [2.05, 4.69) is 45.3 Å². The summed E-state index contributed by atoms with van der Waals surface area (Å²) in [6.07, 6.45) is 1.18. The number of fused-ring (bicyclic) bond motifs is 1. The van der Waals surface area contributed by atoms with Crippen LogP contribution >= 0.6 is 0 Å². The van der Waals surface area contributed by atoms with Gasteiger partial charge in [0.25, 0.3) is 0 Å². The van der Waals surface area contributed by atoms with Crippen LogP contribution in [0.5, 0.6) is 0 Å². The van der Waals surface area contributed by atoms with Gasteiger partial charge in [0, 0.05) is 17.6 Å². The number of aromatic nitrogens is 2. The third-order valence-corrected chi connectivity index (χ3v) is 3.63. The Morgan fingerprint density at radius 2 is 2.00 bits per heavy atom. The minimum Gasteiger partial charge on any atom is -0.399 e. The average Bonchev–Trinajstić information content (AvgIpc) is 2.67. The average molecular weight is 259 g/mol. The number of nitrogens with zero attached hydrogens (tertiary/aromatic N) is 2. The van der Waals surface area contributed by atoms with E-state index < -0.39 is 0 Å². The van der Waals surface area contributed by atoms with E-state index in [0.29, 0.717) is 5.92 Å². The molecule has 1 aromatic heterocycles. The maximum Gasteiger partial charge on any atom is 0.115 e. The zero-order valence-corrected chi connectivity index (χ0v) is 12.7. The van der Waals surface area contributed by atoms with Gasteiger partial charge in [0.2, 0.25) is 0 Å². The van der Waals surface area contributed by atoms with Crippen LogP contribution in [0.3, 0.4) is 0 Å². The van der Waals surface area contributed by atoms with E-state index in [4.69, 9.17) is 10.7 Å². The Hall–Kier alpha value is -1.51. The van der Waals surface area contributed by atoms with Crippen LogP contribution in [0.4, 0.5) is 5.69 Å². The van der Waals surface area contributed by atoms with Crippen LogP contribution in [-0.4, -0.2) is 9.55 Å². The van der Waals surface area contributed by atoms with Gasteiger partial charge in [0.15, 0.2) is 0 Å². The summed E-state index contributed by atoms with van der Waals surface area (Å²) in [4.78, 5) is 4.82. The van der Waals surface area contributed by atoms with E-state index in [0.717, 1.165) is 23.6 Å². The standard InChI is InChI=1S/C16H25N3/c1-6-11(2)10-19-14-8-7-12(17)9-13(14)18-15(19)16(3,4)5/h7-9,11H,6,10,17H2,1-5H3. The van der Waals surface area contributed by atoms with Crippen molar-refractivity contribution in [2.24, 2.45) is 5.92 Å². The number of hydrogen-bond donors (Lipinski definition) is 1. The first-order chi connectivity index (χ1) is 8.82. The molecule has 0 aliphatic rings. The van der Waals surface area contributed by atoms with Crippen LogP contribution in [-0.2, 0) is 12.0 Å². The van der Waals surface area contributed by atoms with Gasteiger partial charge in [-0.15, -0.1) is 0 Å². The Labute approximate surface area is 115 Å². The zero-order chi connectivity index (χ0) is 14.2. The highest BCUT2D eigenvalue weighted by molar-refractivity contribution is 5.79. The Morgan fingerprint density at radius 3 is 2.58 bits per heavy atom. The zero-order valence-electron chi connectivity index (χ0n) is 12.7. The molecule has 2 aromatic rings. The lowest BCUT2D eigenvalue weighted by Gasteiger charge is -2.22. The first-order valence-corrected chi connectivity index (χ1v) is 7.09. The normalized spacial score (nSPS) is 13.9. The highest BCUT2D eigenvalue weighted by atomic mass is 15.1. The topological polar surface area (TPSA) is 43.8 Å². The van der Waals surface area contributed by atoms with Crippen molar-refractivity contribution in [2.75, 3.05) is 5.73 Å². The van der Waals surface area contributed by atoms with Crippen molar-refractivity contribution in [3.63, 3.8) is 0 Å². The second kappa shape index (κ2) is 4.87. The number of nitrogen functional groups attached to an aromatic ring is 1. The van der Waals surface area contributed by atoms with Gasteiger partial charge in [-0.3, -0.25) is 0 Å². The number of benzene rings is 1. The molecule has 2 N–H and O–H groups in total. The maximum absolute atomic E-state index is 5.87. The number of imidazole rings is 1. The summed E-state index contributed by atoms with van der Waals surface area (Å²) < 4.78 is 2.36. The molecule has 0 bridgehead atoms. The minimum atomic E-state index is 0.0429. The second-order valence-electron chi connectivity index (χ2n) is 6.56. The molecular formula is C16H25N3. The molecule has 3 nitrogen and oxygen atoms in total. The Morgan fingerprint density at radius 1 is 1.32 bits per heavy atom. The van der Waals surface area contributed by atoms with Crippen molar-refractivity contribution >= 4 is 16.7 Å². The predicted molar refractivity (Wildman–Crippen MR) is 82.3 cm³/mol. The third kappa shape index (κ3) is 2.75. The molecule has 19 heavy (non-hydrogen) atoms. The SMILES string of the molecule is CCC(C)Cn1c(C(C)(C)C)nc2cc(N)ccc21. The third-order valence-electron chi connectivity index (χ3n) is 3.63. The fraction of sp³-hybridized carbons (Fsp3) is 0.562. The van der Waals surface area contributed by atoms with E-state index in [1.165, 1.54) is 11.9 Å². The van der Waals surface area contributed by atoms with Gasteiger partial charge in [0.05, 0.1) is 11.0 Å². The molecule has 0 radical (unpaired) electrons. The first-order valence-electron chi connectivity index (χ1n) is 7.09. The molecule has 0 amide bonds. The lowest BCUT2D eigenvalue weighted by Crippen LogP contribution is -2.21. The number of rotatable bonds is 3. The van der Waals surface area contributed by atoms with Crippen molar-refractivity contribution in [3.05, 3.63) is 24.0 Å². The summed E-state index contributed by atoms with van der Waals surface area (Å²) in [6, 6.07) is 6.02. The number of anilines is 1. The fourth-order valence-corrected chi connectivity index (χ4v) is 2.34. The molecule has 0 aliphatic heterocycles. The van der Waals surface area contributed by atoms with Crippen LogP contribution in [0.15, 0.2) is 18.2 Å². The number of nitrogens with two attached hydrogens (primary N) is 1. The molecule has 0 saturated carbocycles. The molecule has 1 heterocycles. The minimum absolute atomic E-state index is 0.0429. The summed E-state index contributed by atoms with van der Waals surface area (Å²) in [5.41, 5.74) is 8.89. The Bertz CT molecular complexity index is 575. The number of hydrogen-bond acceptors (Lipinski definition) is 2. The van der Waals surface area contributed by atoms with Crippen LogP contribution < -0.4 is 5.73 Å². The largest absolute Gasteiger partial charge is 0.399 e. The Balaban J connectivity index is 2.62. The van der Waals surface area contributed by atoms with E-state index in [9.17, 15) is 0 Å². The molecule has 0 saturated heterocycles. The van der Waals surface area contributed by atoms with Crippen LogP contribution in [0.25, 0.3) is 11.0 Å². The summed E-state index contributed by atoms with van der Waals surface area (Å²) in [5, 5.41) is 0. The van der Waals surface area contributed by atoms with E-state index in [1.807, 2.05) is 12.1 Å². The van der Waals surface area contributed by atoms with E-state index in [1.54, 1.807) is 0 Å².